The van der Waals surface area contributed by atoms with E-state index in [0.717, 1.165) is 18.4 Å². The molecule has 0 aliphatic carbocycles. The van der Waals surface area contributed by atoms with Crippen molar-refractivity contribution in [3.63, 3.8) is 0 Å². The second-order valence-electron chi connectivity index (χ2n) is 6.28. The molecule has 138 valence electrons. The molecule has 2 aliphatic rings. The Labute approximate surface area is 144 Å². The maximum Gasteiger partial charge on any atom is 0.573 e. The Hall–Kier alpha value is -1.96. The van der Waals surface area contributed by atoms with Crippen molar-refractivity contribution in [2.75, 3.05) is 39.4 Å². The number of hydrogen-bond acceptors (Lipinski definition) is 3. The molecule has 0 radical (unpaired) electrons. The average Bonchev–Trinajstić information content (AvgIpc) is 2.61. The van der Waals surface area contributed by atoms with E-state index in [1.54, 1.807) is 17.0 Å². The number of carbonyl (C=O) groups is 1. The van der Waals surface area contributed by atoms with E-state index >= 15 is 0 Å². The summed E-state index contributed by atoms with van der Waals surface area (Å²) < 4.78 is 45.9. The Morgan fingerprint density at radius 3 is 2.40 bits per heavy atom. The first-order chi connectivity index (χ1) is 11.9. The minimum absolute atomic E-state index is 0.0185. The average molecular weight is 358 g/mol. The first-order valence-electron chi connectivity index (χ1n) is 8.40. The number of piperidine rings is 1. The maximum absolute atomic E-state index is 12.6. The minimum atomic E-state index is -4.69. The lowest BCUT2D eigenvalue weighted by Crippen LogP contribution is -2.50. The second kappa shape index (κ2) is 7.51. The fourth-order valence-corrected chi connectivity index (χ4v) is 3.32. The molecule has 1 aromatic rings. The number of rotatable bonds is 2. The van der Waals surface area contributed by atoms with Gasteiger partial charge in [0.1, 0.15) is 5.75 Å². The van der Waals surface area contributed by atoms with Crippen molar-refractivity contribution in [1.29, 1.82) is 0 Å². The van der Waals surface area contributed by atoms with E-state index in [4.69, 9.17) is 4.74 Å². The quantitative estimate of drug-likeness (QED) is 0.815. The molecule has 0 aromatic heterocycles. The van der Waals surface area contributed by atoms with Crippen LogP contribution in [0, 0.1) is 0 Å². The zero-order valence-corrected chi connectivity index (χ0v) is 13.8. The summed E-state index contributed by atoms with van der Waals surface area (Å²) in [5, 5.41) is 0. The number of urea groups is 1. The molecule has 2 fully saturated rings. The molecule has 1 unspecified atom stereocenters. The summed E-state index contributed by atoms with van der Waals surface area (Å²) in [6, 6.07) is 5.96. The predicted octanol–water partition coefficient (Wildman–Crippen LogP) is 3.22. The molecule has 2 amide bonds. The third-order valence-corrected chi connectivity index (χ3v) is 4.56. The lowest BCUT2D eigenvalue weighted by molar-refractivity contribution is -0.274. The number of carbonyl (C=O) groups excluding carboxylic acids is 1. The molecule has 1 atom stereocenters. The second-order valence-corrected chi connectivity index (χ2v) is 6.28. The molecule has 0 bridgehead atoms. The number of nitrogens with zero attached hydrogens (tertiary/aromatic N) is 2. The SMILES string of the molecule is O=C(N1CCOCC1)N1CCCC(c2ccc(OC(F)(F)F)cc2)C1. The molecule has 0 N–H and O–H groups in total. The molecule has 2 saturated heterocycles. The standard InChI is InChI=1S/C17H21F3N2O3/c18-17(19,20)25-15-5-3-13(4-6-15)14-2-1-7-22(12-14)16(23)21-8-10-24-11-9-21/h3-6,14H,1-2,7-12H2. The van der Waals surface area contributed by atoms with Gasteiger partial charge >= 0.3 is 12.4 Å². The zero-order chi connectivity index (χ0) is 17.9. The van der Waals surface area contributed by atoms with E-state index in [0.29, 0.717) is 39.4 Å². The lowest BCUT2D eigenvalue weighted by Gasteiger charge is -2.37. The van der Waals surface area contributed by atoms with Gasteiger partial charge in [0.25, 0.3) is 0 Å². The molecular weight excluding hydrogens is 337 g/mol. The fourth-order valence-electron chi connectivity index (χ4n) is 3.32. The van der Waals surface area contributed by atoms with E-state index in [1.165, 1.54) is 12.1 Å². The van der Waals surface area contributed by atoms with Crippen molar-refractivity contribution in [2.24, 2.45) is 0 Å². The topological polar surface area (TPSA) is 42.0 Å². The summed E-state index contributed by atoms with van der Waals surface area (Å²) in [6.07, 6.45) is -2.90. The number of amides is 2. The van der Waals surface area contributed by atoms with Crippen LogP contribution in [0.2, 0.25) is 0 Å². The van der Waals surface area contributed by atoms with Crippen LogP contribution >= 0.6 is 0 Å². The smallest absolute Gasteiger partial charge is 0.406 e. The van der Waals surface area contributed by atoms with Crippen LogP contribution in [-0.4, -0.2) is 61.6 Å². The van der Waals surface area contributed by atoms with Crippen LogP contribution in [0.3, 0.4) is 0 Å². The van der Waals surface area contributed by atoms with Crippen molar-refractivity contribution in [1.82, 2.24) is 9.80 Å². The Morgan fingerprint density at radius 2 is 1.76 bits per heavy atom. The van der Waals surface area contributed by atoms with Crippen molar-refractivity contribution in [3.05, 3.63) is 29.8 Å². The van der Waals surface area contributed by atoms with Crippen LogP contribution in [0.25, 0.3) is 0 Å². The molecule has 8 heteroatoms. The largest absolute Gasteiger partial charge is 0.573 e. The molecule has 1 aromatic carbocycles. The van der Waals surface area contributed by atoms with Gasteiger partial charge in [-0.05, 0) is 30.5 Å². The summed E-state index contributed by atoms with van der Waals surface area (Å²) in [4.78, 5) is 16.2. The molecule has 25 heavy (non-hydrogen) atoms. The molecular formula is C17H21F3N2O3. The maximum atomic E-state index is 12.6. The number of likely N-dealkylation sites (tertiary alicyclic amines) is 1. The van der Waals surface area contributed by atoms with Gasteiger partial charge < -0.3 is 19.3 Å². The number of hydrogen-bond donors (Lipinski definition) is 0. The number of benzene rings is 1. The van der Waals surface area contributed by atoms with Crippen LogP contribution in [-0.2, 0) is 4.74 Å². The zero-order valence-electron chi connectivity index (χ0n) is 13.8. The van der Waals surface area contributed by atoms with Gasteiger partial charge in [-0.15, -0.1) is 13.2 Å². The molecule has 0 saturated carbocycles. The first kappa shape index (κ1) is 17.8. The van der Waals surface area contributed by atoms with Crippen molar-refractivity contribution in [2.45, 2.75) is 25.1 Å². The molecule has 5 nitrogen and oxygen atoms in total. The van der Waals surface area contributed by atoms with Gasteiger partial charge in [-0.2, -0.15) is 0 Å². The summed E-state index contributed by atoms with van der Waals surface area (Å²) in [5.74, 6) is -0.105. The highest BCUT2D eigenvalue weighted by molar-refractivity contribution is 5.74. The van der Waals surface area contributed by atoms with Crippen molar-refractivity contribution >= 4 is 6.03 Å². The Morgan fingerprint density at radius 1 is 1.08 bits per heavy atom. The van der Waals surface area contributed by atoms with Gasteiger partial charge in [-0.25, -0.2) is 4.79 Å². The first-order valence-corrected chi connectivity index (χ1v) is 8.40. The number of ether oxygens (including phenoxy) is 2. The normalized spacial score (nSPS) is 22.0. The van der Waals surface area contributed by atoms with Crippen molar-refractivity contribution in [3.8, 4) is 5.75 Å². The monoisotopic (exact) mass is 358 g/mol. The van der Waals surface area contributed by atoms with E-state index in [2.05, 4.69) is 4.74 Å². The van der Waals surface area contributed by atoms with Gasteiger partial charge in [0.15, 0.2) is 0 Å². The highest BCUT2D eigenvalue weighted by atomic mass is 19.4. The lowest BCUT2D eigenvalue weighted by atomic mass is 9.91. The number of morpholine rings is 1. The fraction of sp³-hybridized carbons (Fsp3) is 0.588. The molecule has 2 aliphatic heterocycles. The van der Waals surface area contributed by atoms with Crippen LogP contribution in [0.5, 0.6) is 5.75 Å². The van der Waals surface area contributed by atoms with Crippen LogP contribution in [0.1, 0.15) is 24.3 Å². The summed E-state index contributed by atoms with van der Waals surface area (Å²) >= 11 is 0. The number of halogens is 3. The van der Waals surface area contributed by atoms with Crippen LogP contribution < -0.4 is 4.74 Å². The van der Waals surface area contributed by atoms with Gasteiger partial charge in [0.05, 0.1) is 13.2 Å². The molecule has 3 rings (SSSR count). The Kier molecular flexibility index (Phi) is 5.36. The Balaban J connectivity index is 1.61. The summed E-state index contributed by atoms with van der Waals surface area (Å²) in [5.41, 5.74) is 0.925. The van der Waals surface area contributed by atoms with Gasteiger partial charge in [-0.1, -0.05) is 12.1 Å². The summed E-state index contributed by atoms with van der Waals surface area (Å²) in [6.45, 7) is 3.61. The van der Waals surface area contributed by atoms with E-state index in [-0.39, 0.29) is 17.7 Å². The minimum Gasteiger partial charge on any atom is -0.406 e. The van der Waals surface area contributed by atoms with E-state index < -0.39 is 6.36 Å². The third-order valence-electron chi connectivity index (χ3n) is 4.56. The van der Waals surface area contributed by atoms with Crippen LogP contribution in [0.4, 0.5) is 18.0 Å². The number of alkyl halides is 3. The van der Waals surface area contributed by atoms with E-state index in [9.17, 15) is 18.0 Å². The van der Waals surface area contributed by atoms with E-state index in [1.807, 2.05) is 4.90 Å². The molecule has 2 heterocycles. The highest BCUT2D eigenvalue weighted by Gasteiger charge is 2.32. The molecule has 0 spiro atoms. The van der Waals surface area contributed by atoms with Crippen LogP contribution in [0.15, 0.2) is 24.3 Å². The summed E-state index contributed by atoms with van der Waals surface area (Å²) in [7, 11) is 0. The van der Waals surface area contributed by atoms with Gasteiger partial charge in [0.2, 0.25) is 0 Å². The predicted molar refractivity (Wildman–Crippen MR) is 84.5 cm³/mol. The van der Waals surface area contributed by atoms with Gasteiger partial charge in [-0.3, -0.25) is 0 Å². The third kappa shape index (κ3) is 4.78. The highest BCUT2D eigenvalue weighted by Crippen LogP contribution is 2.30. The van der Waals surface area contributed by atoms with Crippen molar-refractivity contribution < 1.29 is 27.4 Å². The Bertz CT molecular complexity index is 586. The van der Waals surface area contributed by atoms with Gasteiger partial charge in [0, 0.05) is 32.1 Å².